The fourth-order valence-electron chi connectivity index (χ4n) is 3.11. The van der Waals surface area contributed by atoms with E-state index in [0.29, 0.717) is 13.1 Å². The van der Waals surface area contributed by atoms with Crippen LogP contribution in [0.3, 0.4) is 0 Å². The van der Waals surface area contributed by atoms with Crippen molar-refractivity contribution in [2.75, 3.05) is 13.1 Å². The molecule has 0 radical (unpaired) electrons. The van der Waals surface area contributed by atoms with Crippen molar-refractivity contribution in [2.24, 2.45) is 5.41 Å². The van der Waals surface area contributed by atoms with Gasteiger partial charge in [0.2, 0.25) is 6.20 Å². The number of rotatable bonds is 3. The lowest BCUT2D eigenvalue weighted by atomic mass is 9.92. The molecule has 1 aromatic heterocycles. The molecule has 94 valence electrons. The van der Waals surface area contributed by atoms with Crippen LogP contribution in [0.25, 0.3) is 0 Å². The van der Waals surface area contributed by atoms with Crippen LogP contribution in [-0.2, 0) is 5.41 Å². The van der Waals surface area contributed by atoms with Gasteiger partial charge in [-0.05, 0) is 18.2 Å². The van der Waals surface area contributed by atoms with Crippen molar-refractivity contribution in [3.63, 3.8) is 0 Å². The Hall–Kier alpha value is -1.46. The molecule has 1 saturated heterocycles. The first-order chi connectivity index (χ1) is 8.63. The van der Waals surface area contributed by atoms with Crippen LogP contribution in [-0.4, -0.2) is 28.4 Å². The Balaban J connectivity index is 2.01. The second-order valence-electron chi connectivity index (χ2n) is 4.79. The molecule has 1 aliphatic heterocycles. The highest BCUT2D eigenvalue weighted by atomic mass is 35.5. The molecule has 1 saturated carbocycles. The Labute approximate surface area is 109 Å². The van der Waals surface area contributed by atoms with Crippen molar-refractivity contribution in [3.8, 4) is 0 Å². The molecule has 0 spiro atoms. The fourth-order valence-corrected chi connectivity index (χ4v) is 3.78. The molecule has 2 aliphatic rings. The summed E-state index contributed by atoms with van der Waals surface area (Å²) in [6, 6.07) is 5.70. The van der Waals surface area contributed by atoms with Crippen molar-refractivity contribution >= 4 is 11.6 Å². The van der Waals surface area contributed by atoms with Crippen molar-refractivity contribution in [3.05, 3.63) is 52.5 Å². The van der Waals surface area contributed by atoms with E-state index < -0.39 is 4.92 Å². The lowest BCUT2D eigenvalue weighted by Gasteiger charge is -2.12. The van der Waals surface area contributed by atoms with Gasteiger partial charge in [-0.1, -0.05) is 6.07 Å². The van der Waals surface area contributed by atoms with E-state index in [1.54, 1.807) is 12.3 Å². The summed E-state index contributed by atoms with van der Waals surface area (Å²) in [6.45, 7) is 1.36. The molecule has 0 bridgehead atoms. The highest BCUT2D eigenvalue weighted by Gasteiger charge is 2.79. The maximum atomic E-state index is 10.5. The maximum Gasteiger partial charge on any atom is 0.231 e. The molecule has 1 aliphatic carbocycles. The van der Waals surface area contributed by atoms with E-state index in [9.17, 15) is 10.1 Å². The van der Waals surface area contributed by atoms with Crippen molar-refractivity contribution in [1.82, 2.24) is 10.3 Å². The molecule has 5 nitrogen and oxygen atoms in total. The summed E-state index contributed by atoms with van der Waals surface area (Å²) in [6.07, 6.45) is 4.35. The van der Waals surface area contributed by atoms with Gasteiger partial charge in [-0.15, -0.1) is 11.6 Å². The lowest BCUT2D eigenvalue weighted by Crippen LogP contribution is -2.24. The van der Waals surface area contributed by atoms with Crippen molar-refractivity contribution < 1.29 is 4.92 Å². The standard InChI is InChI=1S/C12H12ClN3O2/c13-10-11(4-6-16(17)18)7-14-8-12(10,11)9-3-1-2-5-15-9/h1-6,10,14H,7-8H2/b6-4+. The molecule has 2 heterocycles. The summed E-state index contributed by atoms with van der Waals surface area (Å²) < 4.78 is 0. The summed E-state index contributed by atoms with van der Waals surface area (Å²) in [7, 11) is 0. The number of fused-ring (bicyclic) bond motifs is 1. The van der Waals surface area contributed by atoms with Gasteiger partial charge < -0.3 is 5.32 Å². The monoisotopic (exact) mass is 265 g/mol. The third-order valence-electron chi connectivity index (χ3n) is 4.07. The number of hydrogen-bond acceptors (Lipinski definition) is 4. The largest absolute Gasteiger partial charge is 0.315 e. The van der Waals surface area contributed by atoms with Crippen LogP contribution in [0.5, 0.6) is 0 Å². The third-order valence-corrected chi connectivity index (χ3v) is 4.83. The molecule has 2 fully saturated rings. The fraction of sp³-hybridized carbons (Fsp3) is 0.417. The molecule has 18 heavy (non-hydrogen) atoms. The predicted octanol–water partition coefficient (Wildman–Crippen LogP) is 1.32. The van der Waals surface area contributed by atoms with Crippen LogP contribution >= 0.6 is 11.6 Å². The average Bonchev–Trinajstić information content (AvgIpc) is 2.73. The quantitative estimate of drug-likeness (QED) is 0.508. The number of hydrogen-bond donors (Lipinski definition) is 1. The van der Waals surface area contributed by atoms with E-state index in [2.05, 4.69) is 10.3 Å². The summed E-state index contributed by atoms with van der Waals surface area (Å²) in [4.78, 5) is 14.4. The molecular formula is C12H12ClN3O2. The van der Waals surface area contributed by atoms with Crippen LogP contribution in [0.4, 0.5) is 0 Å². The van der Waals surface area contributed by atoms with Gasteiger partial charge in [0.1, 0.15) is 0 Å². The number of aromatic nitrogens is 1. The van der Waals surface area contributed by atoms with E-state index in [0.717, 1.165) is 11.9 Å². The molecule has 1 aromatic rings. The van der Waals surface area contributed by atoms with E-state index in [1.807, 2.05) is 18.2 Å². The second-order valence-corrected chi connectivity index (χ2v) is 5.23. The molecule has 0 aromatic carbocycles. The molecule has 0 amide bonds. The molecule has 6 heteroatoms. The normalized spacial score (nSPS) is 37.7. The van der Waals surface area contributed by atoms with E-state index in [4.69, 9.17) is 11.6 Å². The number of halogens is 1. The number of piperidine rings is 1. The number of pyridine rings is 1. The Morgan fingerprint density at radius 3 is 3.06 bits per heavy atom. The zero-order chi connectivity index (χ0) is 12.8. The lowest BCUT2D eigenvalue weighted by molar-refractivity contribution is -0.402. The Kier molecular flexibility index (Phi) is 2.43. The summed E-state index contributed by atoms with van der Waals surface area (Å²) >= 11 is 6.43. The van der Waals surface area contributed by atoms with Crippen LogP contribution in [0.15, 0.2) is 36.7 Å². The minimum Gasteiger partial charge on any atom is -0.315 e. The SMILES string of the molecule is O=[N+]([O-])/C=C/C12CNCC1(c1ccccn1)C2Cl. The van der Waals surface area contributed by atoms with Crippen LogP contribution in [0, 0.1) is 15.5 Å². The van der Waals surface area contributed by atoms with Crippen molar-refractivity contribution in [2.45, 2.75) is 10.8 Å². The van der Waals surface area contributed by atoms with Gasteiger partial charge in [0.05, 0.1) is 21.4 Å². The first-order valence-electron chi connectivity index (χ1n) is 5.73. The predicted molar refractivity (Wildman–Crippen MR) is 67.0 cm³/mol. The van der Waals surface area contributed by atoms with Gasteiger partial charge in [-0.2, -0.15) is 0 Å². The van der Waals surface area contributed by atoms with Crippen molar-refractivity contribution in [1.29, 1.82) is 0 Å². The van der Waals surface area contributed by atoms with Gasteiger partial charge in [0, 0.05) is 24.7 Å². The highest BCUT2D eigenvalue weighted by Crippen LogP contribution is 2.69. The maximum absolute atomic E-state index is 10.5. The zero-order valence-electron chi connectivity index (χ0n) is 9.54. The first kappa shape index (κ1) is 11.6. The number of alkyl halides is 1. The topological polar surface area (TPSA) is 68.1 Å². The minimum atomic E-state index is -0.446. The smallest absolute Gasteiger partial charge is 0.231 e. The molecular weight excluding hydrogens is 254 g/mol. The Morgan fingerprint density at radius 2 is 2.39 bits per heavy atom. The van der Waals surface area contributed by atoms with Crippen LogP contribution in [0.1, 0.15) is 5.69 Å². The van der Waals surface area contributed by atoms with Gasteiger partial charge in [0.15, 0.2) is 0 Å². The summed E-state index contributed by atoms with van der Waals surface area (Å²) in [5.41, 5.74) is 0.223. The molecule has 3 rings (SSSR count). The van der Waals surface area contributed by atoms with Gasteiger partial charge in [-0.3, -0.25) is 15.1 Å². The number of nitrogens with zero attached hydrogens (tertiary/aromatic N) is 2. The molecule has 3 atom stereocenters. The summed E-state index contributed by atoms with van der Waals surface area (Å²) in [5, 5.41) is 13.6. The molecule has 1 N–H and O–H groups in total. The van der Waals surface area contributed by atoms with Gasteiger partial charge >= 0.3 is 0 Å². The Bertz CT molecular complexity index is 521. The number of nitro groups is 1. The third kappa shape index (κ3) is 1.29. The van der Waals surface area contributed by atoms with Crippen LogP contribution < -0.4 is 5.32 Å². The Morgan fingerprint density at radius 1 is 1.56 bits per heavy atom. The van der Waals surface area contributed by atoms with E-state index in [-0.39, 0.29) is 16.2 Å². The second kappa shape index (κ2) is 3.76. The number of nitrogens with one attached hydrogen (secondary N) is 1. The molecule has 3 unspecified atom stereocenters. The zero-order valence-corrected chi connectivity index (χ0v) is 10.3. The van der Waals surface area contributed by atoms with E-state index >= 15 is 0 Å². The van der Waals surface area contributed by atoms with Gasteiger partial charge in [-0.25, -0.2) is 0 Å². The minimum absolute atomic E-state index is 0.141. The van der Waals surface area contributed by atoms with Crippen LogP contribution in [0.2, 0.25) is 0 Å². The highest BCUT2D eigenvalue weighted by molar-refractivity contribution is 6.25. The van der Waals surface area contributed by atoms with Gasteiger partial charge in [0.25, 0.3) is 0 Å². The summed E-state index contributed by atoms with van der Waals surface area (Å²) in [5.74, 6) is 0. The average molecular weight is 266 g/mol. The van der Waals surface area contributed by atoms with E-state index in [1.165, 1.54) is 0 Å². The first-order valence-corrected chi connectivity index (χ1v) is 6.16.